The molecule has 0 aliphatic rings. The van der Waals surface area contributed by atoms with Gasteiger partial charge in [-0.3, -0.25) is 9.89 Å². The van der Waals surface area contributed by atoms with Crippen molar-refractivity contribution in [1.82, 2.24) is 20.5 Å². The van der Waals surface area contributed by atoms with Crippen molar-refractivity contribution in [3.63, 3.8) is 0 Å². The van der Waals surface area contributed by atoms with E-state index in [1.807, 2.05) is 44.2 Å². The quantitative estimate of drug-likeness (QED) is 0.759. The molecule has 0 saturated heterocycles. The monoisotopic (exact) mass is 310 g/mol. The molecule has 0 spiro atoms. The van der Waals surface area contributed by atoms with E-state index in [0.717, 1.165) is 22.0 Å². The number of pyridine rings is 1. The van der Waals surface area contributed by atoms with Gasteiger partial charge in [0.15, 0.2) is 5.69 Å². The molecule has 0 atom stereocenters. The van der Waals surface area contributed by atoms with Crippen molar-refractivity contribution in [3.8, 4) is 5.88 Å². The molecular formula is C17H18N4O2. The van der Waals surface area contributed by atoms with Gasteiger partial charge in [0.2, 0.25) is 5.88 Å². The van der Waals surface area contributed by atoms with Crippen LogP contribution in [0.1, 0.15) is 28.5 Å². The first-order valence-corrected chi connectivity index (χ1v) is 7.48. The van der Waals surface area contributed by atoms with E-state index in [2.05, 4.69) is 20.5 Å². The first-order valence-electron chi connectivity index (χ1n) is 7.48. The highest BCUT2D eigenvalue weighted by atomic mass is 16.5. The summed E-state index contributed by atoms with van der Waals surface area (Å²) in [6.45, 7) is 4.75. The van der Waals surface area contributed by atoms with Gasteiger partial charge in [0.25, 0.3) is 5.91 Å². The van der Waals surface area contributed by atoms with Crippen molar-refractivity contribution in [2.45, 2.75) is 20.4 Å². The Kier molecular flexibility index (Phi) is 4.23. The number of benzene rings is 1. The average Bonchev–Trinajstić information content (AvgIpc) is 2.97. The molecule has 1 aromatic carbocycles. The predicted molar refractivity (Wildman–Crippen MR) is 87.4 cm³/mol. The molecule has 0 bridgehead atoms. The number of aromatic amines is 1. The lowest BCUT2D eigenvalue weighted by Gasteiger charge is -2.09. The molecule has 118 valence electrons. The number of nitrogens with zero attached hydrogens (tertiary/aromatic N) is 2. The largest absolute Gasteiger partial charge is 0.478 e. The Bertz CT molecular complexity index is 841. The van der Waals surface area contributed by atoms with Gasteiger partial charge in [0.1, 0.15) is 0 Å². The number of carbonyl (C=O) groups excluding carboxylic acids is 1. The van der Waals surface area contributed by atoms with Crippen LogP contribution in [0.5, 0.6) is 5.88 Å². The van der Waals surface area contributed by atoms with Gasteiger partial charge in [0, 0.05) is 23.7 Å². The Morgan fingerprint density at radius 1 is 1.35 bits per heavy atom. The highest BCUT2D eigenvalue weighted by Crippen LogP contribution is 2.18. The first-order chi connectivity index (χ1) is 11.2. The van der Waals surface area contributed by atoms with Crippen LogP contribution < -0.4 is 10.1 Å². The Hall–Kier alpha value is -2.89. The highest BCUT2D eigenvalue weighted by Gasteiger charge is 2.15. The minimum absolute atomic E-state index is 0.229. The lowest BCUT2D eigenvalue weighted by atomic mass is 10.1. The number of aromatic nitrogens is 3. The molecular weight excluding hydrogens is 292 g/mol. The molecule has 0 fully saturated rings. The summed E-state index contributed by atoms with van der Waals surface area (Å²) in [5, 5.41) is 10.7. The van der Waals surface area contributed by atoms with Crippen LogP contribution in [0.2, 0.25) is 0 Å². The molecule has 2 N–H and O–H groups in total. The maximum Gasteiger partial charge on any atom is 0.272 e. The van der Waals surface area contributed by atoms with Crippen molar-refractivity contribution in [3.05, 3.63) is 53.3 Å². The van der Waals surface area contributed by atoms with Gasteiger partial charge in [0.05, 0.1) is 12.1 Å². The van der Waals surface area contributed by atoms with Crippen molar-refractivity contribution in [1.29, 1.82) is 0 Å². The maximum absolute atomic E-state index is 12.4. The molecule has 2 aromatic heterocycles. The maximum atomic E-state index is 12.4. The van der Waals surface area contributed by atoms with Gasteiger partial charge in [-0.1, -0.05) is 17.7 Å². The van der Waals surface area contributed by atoms with Gasteiger partial charge in [-0.15, -0.1) is 0 Å². The molecule has 0 saturated carbocycles. The van der Waals surface area contributed by atoms with Crippen molar-refractivity contribution >= 4 is 16.8 Å². The molecule has 2 heterocycles. The molecule has 6 nitrogen and oxygen atoms in total. The van der Waals surface area contributed by atoms with E-state index >= 15 is 0 Å². The van der Waals surface area contributed by atoms with Gasteiger partial charge < -0.3 is 10.1 Å². The van der Waals surface area contributed by atoms with Gasteiger partial charge in [-0.05, 0) is 32.0 Å². The second kappa shape index (κ2) is 6.48. The lowest BCUT2D eigenvalue weighted by Crippen LogP contribution is -2.24. The summed E-state index contributed by atoms with van der Waals surface area (Å²) in [6.07, 6.45) is 1.67. The number of nitrogens with one attached hydrogen (secondary N) is 2. The second-order valence-electron chi connectivity index (χ2n) is 5.20. The second-order valence-corrected chi connectivity index (χ2v) is 5.20. The topological polar surface area (TPSA) is 79.9 Å². The molecule has 0 unspecified atom stereocenters. The van der Waals surface area contributed by atoms with Crippen LogP contribution in [0.25, 0.3) is 10.9 Å². The number of hydrogen-bond donors (Lipinski definition) is 2. The normalized spacial score (nSPS) is 10.7. The van der Waals surface area contributed by atoms with E-state index in [1.54, 1.807) is 6.20 Å². The summed E-state index contributed by atoms with van der Waals surface area (Å²) in [4.78, 5) is 16.6. The number of amides is 1. The van der Waals surface area contributed by atoms with Gasteiger partial charge >= 0.3 is 0 Å². The summed E-state index contributed by atoms with van der Waals surface area (Å²) >= 11 is 0. The Balaban J connectivity index is 1.78. The fraction of sp³-hybridized carbons (Fsp3) is 0.235. The van der Waals surface area contributed by atoms with Crippen LogP contribution in [0, 0.1) is 6.92 Å². The number of H-pyrrole nitrogens is 1. The molecule has 6 heteroatoms. The van der Waals surface area contributed by atoms with E-state index in [4.69, 9.17) is 4.74 Å². The zero-order valence-corrected chi connectivity index (χ0v) is 13.1. The predicted octanol–water partition coefficient (Wildman–Crippen LogP) is 2.60. The third kappa shape index (κ3) is 3.15. The summed E-state index contributed by atoms with van der Waals surface area (Å²) in [5.41, 5.74) is 3.15. The van der Waals surface area contributed by atoms with Crippen LogP contribution in [0.15, 0.2) is 36.5 Å². The number of hydrogen-bond acceptors (Lipinski definition) is 4. The standard InChI is InChI=1S/C17H18N4O2/c1-3-23-17-12(5-4-8-18-17)10-19-16(22)15-13-9-11(2)6-7-14(13)20-21-15/h4-9H,3,10H2,1-2H3,(H,19,22)(H,20,21). The number of rotatable bonds is 5. The van der Waals surface area contributed by atoms with Crippen LogP contribution in [0.4, 0.5) is 0 Å². The van der Waals surface area contributed by atoms with E-state index in [0.29, 0.717) is 24.7 Å². The van der Waals surface area contributed by atoms with Gasteiger partial charge in [-0.25, -0.2) is 4.98 Å². The zero-order chi connectivity index (χ0) is 16.2. The Morgan fingerprint density at radius 2 is 2.22 bits per heavy atom. The van der Waals surface area contributed by atoms with E-state index in [-0.39, 0.29) is 5.91 Å². The van der Waals surface area contributed by atoms with Crippen molar-refractivity contribution in [2.24, 2.45) is 0 Å². The zero-order valence-electron chi connectivity index (χ0n) is 13.1. The third-order valence-corrected chi connectivity index (χ3v) is 3.50. The number of carbonyl (C=O) groups is 1. The first kappa shape index (κ1) is 15.0. The number of fused-ring (bicyclic) bond motifs is 1. The molecule has 0 aliphatic carbocycles. The van der Waals surface area contributed by atoms with Crippen LogP contribution in [-0.2, 0) is 6.54 Å². The molecule has 1 amide bonds. The molecule has 23 heavy (non-hydrogen) atoms. The summed E-state index contributed by atoms with van der Waals surface area (Å²) in [7, 11) is 0. The molecule has 3 aromatic rings. The lowest BCUT2D eigenvalue weighted by molar-refractivity contribution is 0.0947. The smallest absolute Gasteiger partial charge is 0.272 e. The van der Waals surface area contributed by atoms with E-state index in [9.17, 15) is 4.79 Å². The number of aryl methyl sites for hydroxylation is 1. The minimum atomic E-state index is -0.229. The summed E-state index contributed by atoms with van der Waals surface area (Å²) in [6, 6.07) is 9.54. The Labute approximate surface area is 133 Å². The van der Waals surface area contributed by atoms with Crippen LogP contribution >= 0.6 is 0 Å². The highest BCUT2D eigenvalue weighted by molar-refractivity contribution is 6.04. The van der Waals surface area contributed by atoms with E-state index < -0.39 is 0 Å². The summed E-state index contributed by atoms with van der Waals surface area (Å²) < 4.78 is 5.46. The Morgan fingerprint density at radius 3 is 3.04 bits per heavy atom. The van der Waals surface area contributed by atoms with Crippen LogP contribution in [0.3, 0.4) is 0 Å². The van der Waals surface area contributed by atoms with Gasteiger partial charge in [-0.2, -0.15) is 5.10 Å². The molecule has 3 rings (SSSR count). The average molecular weight is 310 g/mol. The molecule has 0 radical (unpaired) electrons. The summed E-state index contributed by atoms with van der Waals surface area (Å²) in [5.74, 6) is 0.311. The van der Waals surface area contributed by atoms with E-state index in [1.165, 1.54) is 0 Å². The third-order valence-electron chi connectivity index (χ3n) is 3.50. The molecule has 0 aliphatic heterocycles. The fourth-order valence-electron chi connectivity index (χ4n) is 2.39. The van der Waals surface area contributed by atoms with Crippen molar-refractivity contribution < 1.29 is 9.53 Å². The minimum Gasteiger partial charge on any atom is -0.478 e. The number of ether oxygens (including phenoxy) is 1. The fourth-order valence-corrected chi connectivity index (χ4v) is 2.39. The van der Waals surface area contributed by atoms with Crippen LogP contribution in [-0.4, -0.2) is 27.7 Å². The van der Waals surface area contributed by atoms with Crippen molar-refractivity contribution in [2.75, 3.05) is 6.61 Å². The SMILES string of the molecule is CCOc1ncccc1CNC(=O)c1n[nH]c2ccc(C)cc12.